The normalized spacial score (nSPS) is 25.9. The van der Waals surface area contributed by atoms with E-state index in [0.29, 0.717) is 23.4 Å². The van der Waals surface area contributed by atoms with Crippen LogP contribution in [0.25, 0.3) is 0 Å². The molecule has 2 bridgehead atoms. The van der Waals surface area contributed by atoms with Gasteiger partial charge in [0.1, 0.15) is 0 Å². The van der Waals surface area contributed by atoms with Crippen molar-refractivity contribution in [3.63, 3.8) is 0 Å². The van der Waals surface area contributed by atoms with E-state index >= 15 is 0 Å². The van der Waals surface area contributed by atoms with Gasteiger partial charge in [0, 0.05) is 29.1 Å². The molecule has 2 N–H and O–H groups in total. The summed E-state index contributed by atoms with van der Waals surface area (Å²) >= 11 is 1.52. The van der Waals surface area contributed by atoms with Crippen molar-refractivity contribution in [2.75, 3.05) is 24.2 Å². The van der Waals surface area contributed by atoms with Crippen molar-refractivity contribution in [2.24, 2.45) is 0 Å². The van der Waals surface area contributed by atoms with Gasteiger partial charge in [-0.15, -0.1) is 24.2 Å². The number of nitrogens with one attached hydrogen (secondary N) is 2. The predicted molar refractivity (Wildman–Crippen MR) is 93.5 cm³/mol. The summed E-state index contributed by atoms with van der Waals surface area (Å²) in [6.45, 7) is 1.88. The van der Waals surface area contributed by atoms with Crippen LogP contribution < -0.4 is 10.6 Å². The lowest BCUT2D eigenvalue weighted by atomic mass is 10.1. The number of nitrogens with zero attached hydrogens (tertiary/aromatic N) is 1. The van der Waals surface area contributed by atoms with Crippen molar-refractivity contribution in [1.29, 1.82) is 0 Å². The van der Waals surface area contributed by atoms with Gasteiger partial charge in [0.05, 0.1) is 11.4 Å². The van der Waals surface area contributed by atoms with Crippen LogP contribution >= 0.6 is 24.2 Å². The third kappa shape index (κ3) is 3.07. The van der Waals surface area contributed by atoms with Crippen LogP contribution in [0.4, 0.5) is 5.69 Å². The molecule has 124 valence electrons. The average Bonchev–Trinajstić information content (AvgIpc) is 2.78. The van der Waals surface area contributed by atoms with Gasteiger partial charge in [0.25, 0.3) is 5.91 Å². The van der Waals surface area contributed by atoms with E-state index in [1.54, 1.807) is 0 Å². The number of carbonyl (C=O) groups is 2. The molecular weight excluding hydrogens is 334 g/mol. The quantitative estimate of drug-likeness (QED) is 0.812. The standard InChI is InChI=1S/C16H19N3O2S.ClH/c20-15-9-22-14-4-1-10(7-13(14)18-15)16(21)19-11-2-3-12(19)8-17-6-5-11;/h1,4,7,11-12,17H,2-3,5-6,8-9H2,(H,18,20);1H. The van der Waals surface area contributed by atoms with Gasteiger partial charge in [0.2, 0.25) is 5.91 Å². The number of carbonyl (C=O) groups excluding carboxylic acids is 2. The third-order valence-electron chi connectivity index (χ3n) is 4.75. The highest BCUT2D eigenvalue weighted by Gasteiger charge is 2.38. The molecular formula is C16H20ClN3O2S. The van der Waals surface area contributed by atoms with Gasteiger partial charge < -0.3 is 15.5 Å². The summed E-state index contributed by atoms with van der Waals surface area (Å²) < 4.78 is 0. The van der Waals surface area contributed by atoms with Crippen LogP contribution in [0.15, 0.2) is 23.1 Å². The van der Waals surface area contributed by atoms with E-state index in [9.17, 15) is 9.59 Å². The lowest BCUT2D eigenvalue weighted by molar-refractivity contribution is -0.113. The van der Waals surface area contributed by atoms with Crippen LogP contribution in [0, 0.1) is 0 Å². The lowest BCUT2D eigenvalue weighted by Crippen LogP contribution is -2.42. The van der Waals surface area contributed by atoms with Gasteiger partial charge in [-0.25, -0.2) is 0 Å². The molecule has 4 rings (SSSR count). The molecule has 2 unspecified atom stereocenters. The molecule has 2 fully saturated rings. The molecule has 2 saturated heterocycles. The molecule has 3 aliphatic heterocycles. The first kappa shape index (κ1) is 16.6. The van der Waals surface area contributed by atoms with Gasteiger partial charge in [-0.2, -0.15) is 0 Å². The molecule has 23 heavy (non-hydrogen) atoms. The second-order valence-corrected chi connectivity index (χ2v) is 7.16. The van der Waals surface area contributed by atoms with Gasteiger partial charge in [0.15, 0.2) is 0 Å². The number of halogens is 1. The molecule has 1 aromatic rings. The van der Waals surface area contributed by atoms with Crippen molar-refractivity contribution in [1.82, 2.24) is 10.2 Å². The first-order valence-electron chi connectivity index (χ1n) is 7.82. The number of benzene rings is 1. The van der Waals surface area contributed by atoms with Crippen LogP contribution in [-0.4, -0.2) is 47.6 Å². The van der Waals surface area contributed by atoms with Crippen molar-refractivity contribution >= 4 is 41.7 Å². The molecule has 3 aliphatic rings. The van der Waals surface area contributed by atoms with E-state index in [0.717, 1.165) is 42.9 Å². The largest absolute Gasteiger partial charge is 0.331 e. The van der Waals surface area contributed by atoms with Crippen LogP contribution in [-0.2, 0) is 4.79 Å². The topological polar surface area (TPSA) is 61.4 Å². The molecule has 5 nitrogen and oxygen atoms in total. The number of hydrogen-bond acceptors (Lipinski definition) is 4. The minimum atomic E-state index is 0. The molecule has 7 heteroatoms. The predicted octanol–water partition coefficient (Wildman–Crippen LogP) is 2.12. The third-order valence-corrected chi connectivity index (χ3v) is 5.82. The first-order valence-corrected chi connectivity index (χ1v) is 8.81. The SMILES string of the molecule is Cl.O=C1CSc2ccc(C(=O)N3C4CCNCC3CC4)cc2N1. The highest BCUT2D eigenvalue weighted by Crippen LogP contribution is 2.34. The second-order valence-electron chi connectivity index (χ2n) is 6.14. The number of hydrogen-bond donors (Lipinski definition) is 2. The molecule has 0 radical (unpaired) electrons. The smallest absolute Gasteiger partial charge is 0.254 e. The Balaban J connectivity index is 0.00000156. The zero-order chi connectivity index (χ0) is 15.1. The molecule has 0 aromatic heterocycles. The van der Waals surface area contributed by atoms with Crippen LogP contribution in [0.1, 0.15) is 29.6 Å². The van der Waals surface area contributed by atoms with Crippen molar-refractivity contribution in [3.8, 4) is 0 Å². The first-order chi connectivity index (χ1) is 10.7. The fourth-order valence-corrected chi connectivity index (χ4v) is 4.47. The van der Waals surface area contributed by atoms with Crippen molar-refractivity contribution < 1.29 is 9.59 Å². The Kier molecular flexibility index (Phi) is 4.85. The summed E-state index contributed by atoms with van der Waals surface area (Å²) in [5.74, 6) is 0.548. The summed E-state index contributed by atoms with van der Waals surface area (Å²) in [7, 11) is 0. The van der Waals surface area contributed by atoms with E-state index in [1.807, 2.05) is 18.2 Å². The van der Waals surface area contributed by atoms with E-state index in [2.05, 4.69) is 15.5 Å². The average molecular weight is 354 g/mol. The van der Waals surface area contributed by atoms with Gasteiger partial charge >= 0.3 is 0 Å². The summed E-state index contributed by atoms with van der Waals surface area (Å²) in [6, 6.07) is 6.33. The van der Waals surface area contributed by atoms with E-state index < -0.39 is 0 Å². The number of anilines is 1. The van der Waals surface area contributed by atoms with Gasteiger partial charge in [-0.05, 0) is 44.0 Å². The highest BCUT2D eigenvalue weighted by molar-refractivity contribution is 8.00. The molecule has 2 atom stereocenters. The Morgan fingerprint density at radius 2 is 2.04 bits per heavy atom. The summed E-state index contributed by atoms with van der Waals surface area (Å²) in [4.78, 5) is 27.6. The van der Waals surface area contributed by atoms with E-state index in [4.69, 9.17) is 0 Å². The maximum Gasteiger partial charge on any atom is 0.254 e. The van der Waals surface area contributed by atoms with Crippen LogP contribution in [0.2, 0.25) is 0 Å². The molecule has 0 aliphatic carbocycles. The molecule has 2 amide bonds. The van der Waals surface area contributed by atoms with E-state index in [1.165, 1.54) is 11.8 Å². The molecule has 3 heterocycles. The van der Waals surface area contributed by atoms with Crippen molar-refractivity contribution in [2.45, 2.75) is 36.2 Å². The van der Waals surface area contributed by atoms with Crippen LogP contribution in [0.3, 0.4) is 0 Å². The lowest BCUT2D eigenvalue weighted by Gasteiger charge is -2.28. The summed E-state index contributed by atoms with van der Waals surface area (Å²) in [5.41, 5.74) is 1.45. The minimum absolute atomic E-state index is 0. The number of fused-ring (bicyclic) bond motifs is 3. The molecule has 1 aromatic carbocycles. The zero-order valence-corrected chi connectivity index (χ0v) is 14.3. The van der Waals surface area contributed by atoms with Crippen LogP contribution in [0.5, 0.6) is 0 Å². The Hall–Kier alpha value is -1.24. The summed E-state index contributed by atoms with van der Waals surface area (Å²) in [6.07, 6.45) is 3.22. The maximum atomic E-state index is 13.0. The second kappa shape index (κ2) is 6.71. The fraction of sp³-hybridized carbons (Fsp3) is 0.500. The van der Waals surface area contributed by atoms with E-state index in [-0.39, 0.29) is 24.2 Å². The van der Waals surface area contributed by atoms with Crippen molar-refractivity contribution in [3.05, 3.63) is 23.8 Å². The Morgan fingerprint density at radius 1 is 1.22 bits per heavy atom. The number of thioether (sulfide) groups is 1. The number of rotatable bonds is 1. The Morgan fingerprint density at radius 3 is 2.91 bits per heavy atom. The Labute approximate surface area is 146 Å². The number of amides is 2. The summed E-state index contributed by atoms with van der Waals surface area (Å²) in [5, 5.41) is 6.28. The monoisotopic (exact) mass is 353 g/mol. The fourth-order valence-electron chi connectivity index (χ4n) is 3.68. The van der Waals surface area contributed by atoms with Gasteiger partial charge in [-0.1, -0.05) is 0 Å². The Bertz CT molecular complexity index is 626. The molecule has 0 saturated carbocycles. The zero-order valence-electron chi connectivity index (χ0n) is 12.7. The molecule has 0 spiro atoms. The minimum Gasteiger partial charge on any atom is -0.331 e. The highest BCUT2D eigenvalue weighted by atomic mass is 35.5. The maximum absolute atomic E-state index is 13.0. The van der Waals surface area contributed by atoms with Gasteiger partial charge in [-0.3, -0.25) is 9.59 Å².